The molecular weight excluding hydrogens is 190 g/mol. The molecule has 0 aliphatic carbocycles. The van der Waals surface area contributed by atoms with Gasteiger partial charge in [-0.05, 0) is 24.6 Å². The van der Waals surface area contributed by atoms with Crippen LogP contribution in [0.3, 0.4) is 0 Å². The Hall–Kier alpha value is -1.42. The fourth-order valence-electron chi connectivity index (χ4n) is 1.21. The Morgan fingerprint density at radius 1 is 1.23 bits per heavy atom. The van der Waals surface area contributed by atoms with E-state index in [0.29, 0.717) is 5.69 Å². The fraction of sp³-hybridized carbons (Fsp3) is 0.125. The molecular formula is C8H10ClN3O. The van der Waals surface area contributed by atoms with Gasteiger partial charge in [0.25, 0.3) is 0 Å². The maximum atomic E-state index is 10.9. The van der Waals surface area contributed by atoms with Gasteiger partial charge in [0.05, 0.1) is 11.0 Å². The smallest absolute Gasteiger partial charge is 0.323 e. The number of nitrogens with one attached hydrogen (secondary N) is 2. The van der Waals surface area contributed by atoms with E-state index in [1.165, 1.54) is 0 Å². The first-order valence-corrected chi connectivity index (χ1v) is 3.65. The summed E-state index contributed by atoms with van der Waals surface area (Å²) in [7, 11) is 0. The lowest BCUT2D eigenvalue weighted by Gasteiger charge is -1.97. The molecule has 0 aliphatic rings. The molecule has 2 rings (SSSR count). The normalized spacial score (nSPS) is 9.92. The van der Waals surface area contributed by atoms with Crippen LogP contribution in [0.2, 0.25) is 0 Å². The molecule has 1 heterocycles. The molecule has 0 saturated carbocycles. The lowest BCUT2D eigenvalue weighted by Crippen LogP contribution is -1.99. The van der Waals surface area contributed by atoms with Gasteiger partial charge in [-0.2, -0.15) is 0 Å². The third kappa shape index (κ3) is 1.53. The van der Waals surface area contributed by atoms with Gasteiger partial charge in [-0.25, -0.2) is 4.79 Å². The van der Waals surface area contributed by atoms with E-state index in [0.717, 1.165) is 16.6 Å². The molecule has 0 amide bonds. The van der Waals surface area contributed by atoms with E-state index in [9.17, 15) is 4.79 Å². The number of anilines is 1. The van der Waals surface area contributed by atoms with Crippen molar-refractivity contribution in [3.63, 3.8) is 0 Å². The summed E-state index contributed by atoms with van der Waals surface area (Å²) in [5.74, 6) is 0. The summed E-state index contributed by atoms with van der Waals surface area (Å²) >= 11 is 0. The van der Waals surface area contributed by atoms with Crippen molar-refractivity contribution >= 4 is 29.1 Å². The maximum absolute atomic E-state index is 10.9. The van der Waals surface area contributed by atoms with Crippen molar-refractivity contribution in [3.05, 3.63) is 28.2 Å². The van der Waals surface area contributed by atoms with Crippen LogP contribution >= 0.6 is 12.4 Å². The van der Waals surface area contributed by atoms with Crippen LogP contribution in [0.15, 0.2) is 16.9 Å². The molecule has 0 fully saturated rings. The Labute approximate surface area is 80.6 Å². The Balaban J connectivity index is 0.000000845. The summed E-state index contributed by atoms with van der Waals surface area (Å²) in [6.07, 6.45) is 0. The zero-order valence-electron chi connectivity index (χ0n) is 7.05. The highest BCUT2D eigenvalue weighted by Crippen LogP contribution is 2.16. The number of fused-ring (bicyclic) bond motifs is 1. The average molecular weight is 200 g/mol. The van der Waals surface area contributed by atoms with Crippen LogP contribution in [-0.2, 0) is 0 Å². The minimum absolute atomic E-state index is 0. The summed E-state index contributed by atoms with van der Waals surface area (Å²) in [6.45, 7) is 1.90. The number of hydrogen-bond acceptors (Lipinski definition) is 2. The second-order valence-corrected chi connectivity index (χ2v) is 2.83. The predicted molar refractivity (Wildman–Crippen MR) is 55.3 cm³/mol. The summed E-state index contributed by atoms with van der Waals surface area (Å²) in [6, 6.07) is 3.60. The number of benzene rings is 1. The van der Waals surface area contributed by atoms with Crippen molar-refractivity contribution in [1.82, 2.24) is 9.97 Å². The number of aromatic amines is 2. The Morgan fingerprint density at radius 2 is 1.77 bits per heavy atom. The molecule has 2 aromatic rings. The van der Waals surface area contributed by atoms with E-state index in [1.54, 1.807) is 6.07 Å². The van der Waals surface area contributed by atoms with Gasteiger partial charge in [-0.3, -0.25) is 0 Å². The Morgan fingerprint density at radius 3 is 2.38 bits per heavy atom. The number of H-pyrrole nitrogens is 2. The summed E-state index contributed by atoms with van der Waals surface area (Å²) in [4.78, 5) is 16.2. The fourth-order valence-corrected chi connectivity index (χ4v) is 1.21. The Bertz CT molecular complexity index is 444. The molecule has 0 spiro atoms. The van der Waals surface area contributed by atoms with E-state index < -0.39 is 0 Å². The van der Waals surface area contributed by atoms with E-state index in [2.05, 4.69) is 9.97 Å². The van der Waals surface area contributed by atoms with E-state index in [1.807, 2.05) is 13.0 Å². The third-order valence-corrected chi connectivity index (χ3v) is 1.90. The van der Waals surface area contributed by atoms with Gasteiger partial charge in [-0.15, -0.1) is 12.4 Å². The minimum Gasteiger partial charge on any atom is -0.398 e. The number of aromatic nitrogens is 2. The molecule has 0 saturated heterocycles. The lowest BCUT2D eigenvalue weighted by molar-refractivity contribution is 1.21. The molecule has 0 atom stereocenters. The highest BCUT2D eigenvalue weighted by atomic mass is 35.5. The highest BCUT2D eigenvalue weighted by molar-refractivity contribution is 5.85. The molecule has 5 heteroatoms. The van der Waals surface area contributed by atoms with E-state index in [-0.39, 0.29) is 18.1 Å². The molecule has 0 bridgehead atoms. The van der Waals surface area contributed by atoms with Gasteiger partial charge in [0, 0.05) is 5.69 Å². The molecule has 0 aliphatic heterocycles. The van der Waals surface area contributed by atoms with Gasteiger partial charge in [0.2, 0.25) is 0 Å². The van der Waals surface area contributed by atoms with Crippen molar-refractivity contribution in [1.29, 1.82) is 0 Å². The number of aryl methyl sites for hydroxylation is 1. The van der Waals surface area contributed by atoms with Crippen molar-refractivity contribution in [3.8, 4) is 0 Å². The van der Waals surface area contributed by atoms with Crippen LogP contribution in [-0.4, -0.2) is 9.97 Å². The molecule has 4 N–H and O–H groups in total. The first-order chi connectivity index (χ1) is 5.66. The second kappa shape index (κ2) is 3.14. The highest BCUT2D eigenvalue weighted by Gasteiger charge is 2.00. The van der Waals surface area contributed by atoms with E-state index >= 15 is 0 Å². The van der Waals surface area contributed by atoms with Crippen LogP contribution in [0.4, 0.5) is 5.69 Å². The van der Waals surface area contributed by atoms with Crippen LogP contribution in [0.25, 0.3) is 11.0 Å². The zero-order chi connectivity index (χ0) is 8.72. The first-order valence-electron chi connectivity index (χ1n) is 3.65. The molecule has 1 aromatic carbocycles. The quantitative estimate of drug-likeness (QED) is 0.557. The van der Waals surface area contributed by atoms with Gasteiger partial charge < -0.3 is 15.7 Å². The van der Waals surface area contributed by atoms with Crippen LogP contribution in [0, 0.1) is 6.92 Å². The van der Waals surface area contributed by atoms with Gasteiger partial charge >= 0.3 is 5.69 Å². The summed E-state index contributed by atoms with van der Waals surface area (Å²) < 4.78 is 0. The largest absolute Gasteiger partial charge is 0.398 e. The van der Waals surface area contributed by atoms with Crippen LogP contribution in [0.5, 0.6) is 0 Å². The van der Waals surface area contributed by atoms with Gasteiger partial charge in [0.1, 0.15) is 0 Å². The third-order valence-electron chi connectivity index (χ3n) is 1.90. The second-order valence-electron chi connectivity index (χ2n) is 2.83. The number of halogens is 1. The summed E-state index contributed by atoms with van der Waals surface area (Å²) in [5, 5.41) is 0. The molecule has 0 unspecified atom stereocenters. The summed E-state index contributed by atoms with van der Waals surface area (Å²) in [5.41, 5.74) is 8.67. The first kappa shape index (κ1) is 9.67. The molecule has 0 radical (unpaired) electrons. The van der Waals surface area contributed by atoms with Crippen LogP contribution < -0.4 is 11.4 Å². The maximum Gasteiger partial charge on any atom is 0.323 e. The van der Waals surface area contributed by atoms with Gasteiger partial charge in [-0.1, -0.05) is 0 Å². The van der Waals surface area contributed by atoms with Crippen LogP contribution in [0.1, 0.15) is 5.56 Å². The number of hydrogen-bond donors (Lipinski definition) is 3. The molecule has 13 heavy (non-hydrogen) atoms. The number of nitrogen functional groups attached to an aromatic ring is 1. The predicted octanol–water partition coefficient (Wildman–Crippen LogP) is 1.17. The SMILES string of the molecule is Cc1cc2[nH]c(=O)[nH]c2cc1N.Cl. The van der Waals surface area contributed by atoms with Gasteiger partial charge in [0.15, 0.2) is 0 Å². The number of nitrogens with two attached hydrogens (primary N) is 1. The number of rotatable bonds is 0. The Kier molecular flexibility index (Phi) is 2.34. The van der Waals surface area contributed by atoms with Crippen molar-refractivity contribution in [2.24, 2.45) is 0 Å². The molecule has 70 valence electrons. The molecule has 1 aromatic heterocycles. The van der Waals surface area contributed by atoms with E-state index in [4.69, 9.17) is 5.73 Å². The minimum atomic E-state index is -0.199. The van der Waals surface area contributed by atoms with Crippen molar-refractivity contribution in [2.75, 3.05) is 5.73 Å². The van der Waals surface area contributed by atoms with Crippen molar-refractivity contribution < 1.29 is 0 Å². The molecule has 4 nitrogen and oxygen atoms in total. The number of imidazole rings is 1. The monoisotopic (exact) mass is 199 g/mol. The standard InChI is InChI=1S/C8H9N3O.ClH/c1-4-2-6-7(3-5(4)9)11-8(12)10-6;/h2-3H,9H2,1H3,(H2,10,11,12);1H. The zero-order valence-corrected chi connectivity index (χ0v) is 7.87. The lowest BCUT2D eigenvalue weighted by atomic mass is 10.2. The topological polar surface area (TPSA) is 74.7 Å². The average Bonchev–Trinajstić information content (AvgIpc) is 2.30. The van der Waals surface area contributed by atoms with Crippen molar-refractivity contribution in [2.45, 2.75) is 6.92 Å².